The standard InChI is InChI=1S/C13H20N2S/c14-12-1-3-13(4-2-12)16-10-7-11-5-8-15-9-6-11/h1-4,11,15H,5-10,14H2. The van der Waals surface area contributed by atoms with Gasteiger partial charge in [0.2, 0.25) is 0 Å². The first kappa shape index (κ1) is 11.8. The molecule has 0 saturated carbocycles. The van der Waals surface area contributed by atoms with Crippen LogP contribution >= 0.6 is 11.8 Å². The Bertz CT molecular complexity index is 304. The highest BCUT2D eigenvalue weighted by atomic mass is 32.2. The monoisotopic (exact) mass is 236 g/mol. The van der Waals surface area contributed by atoms with E-state index >= 15 is 0 Å². The quantitative estimate of drug-likeness (QED) is 0.623. The first-order chi connectivity index (χ1) is 7.84. The molecular weight excluding hydrogens is 216 g/mol. The summed E-state index contributed by atoms with van der Waals surface area (Å²) in [5.41, 5.74) is 6.51. The van der Waals surface area contributed by atoms with E-state index in [-0.39, 0.29) is 0 Å². The highest BCUT2D eigenvalue weighted by Crippen LogP contribution is 2.24. The van der Waals surface area contributed by atoms with Gasteiger partial charge in [0.05, 0.1) is 0 Å². The molecule has 1 aliphatic rings. The van der Waals surface area contributed by atoms with Gasteiger partial charge in [0, 0.05) is 10.6 Å². The fourth-order valence-corrected chi connectivity index (χ4v) is 3.09. The Balaban J connectivity index is 1.69. The fraction of sp³-hybridized carbons (Fsp3) is 0.538. The molecule has 0 unspecified atom stereocenters. The second-order valence-electron chi connectivity index (χ2n) is 4.40. The van der Waals surface area contributed by atoms with Crippen LogP contribution in [0.3, 0.4) is 0 Å². The van der Waals surface area contributed by atoms with Gasteiger partial charge in [-0.1, -0.05) is 0 Å². The summed E-state index contributed by atoms with van der Waals surface area (Å²) in [5.74, 6) is 2.16. The van der Waals surface area contributed by atoms with Gasteiger partial charge in [0.15, 0.2) is 0 Å². The summed E-state index contributed by atoms with van der Waals surface area (Å²) in [5, 5.41) is 3.41. The number of hydrogen-bond donors (Lipinski definition) is 2. The van der Waals surface area contributed by atoms with Crippen molar-refractivity contribution in [3.63, 3.8) is 0 Å². The normalized spacial score (nSPS) is 17.5. The number of hydrogen-bond acceptors (Lipinski definition) is 3. The van der Waals surface area contributed by atoms with Gasteiger partial charge in [-0.05, 0) is 68.3 Å². The molecule has 1 saturated heterocycles. The van der Waals surface area contributed by atoms with Gasteiger partial charge in [-0.25, -0.2) is 0 Å². The summed E-state index contributed by atoms with van der Waals surface area (Å²) in [7, 11) is 0. The van der Waals surface area contributed by atoms with Gasteiger partial charge < -0.3 is 11.1 Å². The summed E-state index contributed by atoms with van der Waals surface area (Å²) in [6.07, 6.45) is 4.04. The summed E-state index contributed by atoms with van der Waals surface area (Å²) in [6.45, 7) is 2.41. The van der Waals surface area contributed by atoms with Crippen molar-refractivity contribution in [3.05, 3.63) is 24.3 Å². The smallest absolute Gasteiger partial charge is 0.0314 e. The van der Waals surface area contributed by atoms with Crippen LogP contribution in [0.25, 0.3) is 0 Å². The SMILES string of the molecule is Nc1ccc(SCCC2CCNCC2)cc1. The number of nitrogens with two attached hydrogens (primary N) is 1. The van der Waals surface area contributed by atoms with E-state index in [9.17, 15) is 0 Å². The zero-order valence-corrected chi connectivity index (χ0v) is 10.4. The molecule has 1 aliphatic heterocycles. The number of nitrogens with one attached hydrogen (secondary N) is 1. The van der Waals surface area contributed by atoms with E-state index in [1.54, 1.807) is 0 Å². The first-order valence-corrected chi connectivity index (χ1v) is 7.02. The third-order valence-corrected chi connectivity index (χ3v) is 4.18. The van der Waals surface area contributed by atoms with E-state index in [2.05, 4.69) is 17.4 Å². The van der Waals surface area contributed by atoms with Crippen LogP contribution < -0.4 is 11.1 Å². The van der Waals surface area contributed by atoms with E-state index in [4.69, 9.17) is 5.73 Å². The van der Waals surface area contributed by atoms with Crippen LogP contribution in [0.15, 0.2) is 29.2 Å². The van der Waals surface area contributed by atoms with Crippen LogP contribution in [0.1, 0.15) is 19.3 Å². The zero-order chi connectivity index (χ0) is 11.2. The third-order valence-electron chi connectivity index (χ3n) is 3.13. The molecule has 0 spiro atoms. The van der Waals surface area contributed by atoms with Crippen molar-refractivity contribution >= 4 is 17.4 Å². The molecule has 16 heavy (non-hydrogen) atoms. The lowest BCUT2D eigenvalue weighted by atomic mass is 9.96. The van der Waals surface area contributed by atoms with Crippen molar-refractivity contribution in [3.8, 4) is 0 Å². The van der Waals surface area contributed by atoms with Gasteiger partial charge in [-0.3, -0.25) is 0 Å². The Kier molecular flexibility index (Phi) is 4.55. The van der Waals surface area contributed by atoms with Crippen molar-refractivity contribution in [2.45, 2.75) is 24.2 Å². The lowest BCUT2D eigenvalue weighted by molar-refractivity contribution is 0.367. The maximum absolute atomic E-state index is 5.66. The van der Waals surface area contributed by atoms with Crippen molar-refractivity contribution < 1.29 is 0 Å². The summed E-state index contributed by atoms with van der Waals surface area (Å²) < 4.78 is 0. The van der Waals surface area contributed by atoms with E-state index in [1.165, 1.54) is 43.0 Å². The van der Waals surface area contributed by atoms with Crippen LogP contribution in [-0.4, -0.2) is 18.8 Å². The van der Waals surface area contributed by atoms with Gasteiger partial charge in [-0.15, -0.1) is 11.8 Å². The second-order valence-corrected chi connectivity index (χ2v) is 5.57. The van der Waals surface area contributed by atoms with Crippen LogP contribution in [0.2, 0.25) is 0 Å². The lowest BCUT2D eigenvalue weighted by Crippen LogP contribution is -2.27. The average Bonchev–Trinajstić information content (AvgIpc) is 2.33. The molecule has 1 heterocycles. The zero-order valence-electron chi connectivity index (χ0n) is 9.61. The molecular formula is C13H20N2S. The molecule has 88 valence electrons. The number of thioether (sulfide) groups is 1. The van der Waals surface area contributed by atoms with Crippen LogP contribution in [0.5, 0.6) is 0 Å². The lowest BCUT2D eigenvalue weighted by Gasteiger charge is -2.22. The van der Waals surface area contributed by atoms with Crippen LogP contribution in [-0.2, 0) is 0 Å². The molecule has 1 aromatic carbocycles. The van der Waals surface area contributed by atoms with Crippen molar-refractivity contribution in [1.82, 2.24) is 5.32 Å². The molecule has 3 N–H and O–H groups in total. The van der Waals surface area contributed by atoms with E-state index in [0.29, 0.717) is 0 Å². The molecule has 1 aromatic rings. The second kappa shape index (κ2) is 6.16. The molecule has 0 radical (unpaired) electrons. The Morgan fingerprint density at radius 3 is 2.56 bits per heavy atom. The Labute approximate surface area is 102 Å². The largest absolute Gasteiger partial charge is 0.399 e. The minimum Gasteiger partial charge on any atom is -0.399 e. The Morgan fingerprint density at radius 2 is 1.88 bits per heavy atom. The number of benzene rings is 1. The predicted octanol–water partition coefficient (Wildman–Crippen LogP) is 2.75. The molecule has 0 amide bonds. The molecule has 0 aromatic heterocycles. The van der Waals surface area contributed by atoms with Gasteiger partial charge in [-0.2, -0.15) is 0 Å². The minimum absolute atomic E-state index is 0.850. The number of piperidine rings is 1. The first-order valence-electron chi connectivity index (χ1n) is 6.03. The predicted molar refractivity (Wildman–Crippen MR) is 71.8 cm³/mol. The van der Waals surface area contributed by atoms with Crippen LogP contribution in [0, 0.1) is 5.92 Å². The summed E-state index contributed by atoms with van der Waals surface area (Å²) in [6, 6.07) is 8.19. The topological polar surface area (TPSA) is 38.0 Å². The van der Waals surface area contributed by atoms with Crippen LogP contribution in [0.4, 0.5) is 5.69 Å². The number of rotatable bonds is 4. The minimum atomic E-state index is 0.850. The molecule has 2 nitrogen and oxygen atoms in total. The van der Waals surface area contributed by atoms with Crippen molar-refractivity contribution in [2.75, 3.05) is 24.6 Å². The van der Waals surface area contributed by atoms with E-state index in [0.717, 1.165) is 11.6 Å². The Morgan fingerprint density at radius 1 is 1.19 bits per heavy atom. The number of nitrogen functional groups attached to an aromatic ring is 1. The van der Waals surface area contributed by atoms with Gasteiger partial charge in [0.1, 0.15) is 0 Å². The third kappa shape index (κ3) is 3.72. The highest BCUT2D eigenvalue weighted by molar-refractivity contribution is 7.99. The summed E-state index contributed by atoms with van der Waals surface area (Å²) >= 11 is 1.95. The molecule has 0 aliphatic carbocycles. The van der Waals surface area contributed by atoms with E-state index < -0.39 is 0 Å². The maximum atomic E-state index is 5.66. The van der Waals surface area contributed by atoms with E-state index in [1.807, 2.05) is 23.9 Å². The molecule has 0 bridgehead atoms. The molecule has 1 fully saturated rings. The molecule has 0 atom stereocenters. The maximum Gasteiger partial charge on any atom is 0.0314 e. The fourth-order valence-electron chi connectivity index (χ4n) is 2.08. The average molecular weight is 236 g/mol. The molecule has 3 heteroatoms. The Hall–Kier alpha value is -0.670. The summed E-state index contributed by atoms with van der Waals surface area (Å²) in [4.78, 5) is 1.34. The number of anilines is 1. The van der Waals surface area contributed by atoms with Gasteiger partial charge >= 0.3 is 0 Å². The highest BCUT2D eigenvalue weighted by Gasteiger charge is 2.12. The molecule has 2 rings (SSSR count). The van der Waals surface area contributed by atoms with Crippen molar-refractivity contribution in [2.24, 2.45) is 5.92 Å². The van der Waals surface area contributed by atoms with Crippen molar-refractivity contribution in [1.29, 1.82) is 0 Å². The van der Waals surface area contributed by atoms with Gasteiger partial charge in [0.25, 0.3) is 0 Å².